The Morgan fingerprint density at radius 2 is 1.70 bits per heavy atom. The minimum Gasteiger partial charge on any atom is -0.371 e. The molecule has 108 valence electrons. The SMILES string of the molecule is N#Cc1ccc(NC2(C(F)(F)F)CC2)cc1C(F)(F)F. The summed E-state index contributed by atoms with van der Waals surface area (Å²) in [4.78, 5) is 0. The third kappa shape index (κ3) is 2.53. The van der Waals surface area contributed by atoms with Crippen molar-refractivity contribution in [3.05, 3.63) is 29.3 Å². The molecule has 20 heavy (non-hydrogen) atoms. The van der Waals surface area contributed by atoms with Crippen LogP contribution in [-0.4, -0.2) is 11.7 Å². The van der Waals surface area contributed by atoms with Crippen LogP contribution in [0.5, 0.6) is 0 Å². The maximum Gasteiger partial charge on any atom is 0.417 e. The number of halogens is 6. The Morgan fingerprint density at radius 1 is 1.10 bits per heavy atom. The van der Waals surface area contributed by atoms with Gasteiger partial charge >= 0.3 is 12.4 Å². The van der Waals surface area contributed by atoms with Crippen molar-refractivity contribution in [3.63, 3.8) is 0 Å². The number of rotatable bonds is 2. The van der Waals surface area contributed by atoms with E-state index in [0.717, 1.165) is 12.1 Å². The van der Waals surface area contributed by atoms with Crippen LogP contribution in [0.25, 0.3) is 0 Å². The average molecular weight is 294 g/mol. The summed E-state index contributed by atoms with van der Waals surface area (Å²) in [5.41, 5.74) is -4.32. The van der Waals surface area contributed by atoms with Crippen molar-refractivity contribution in [3.8, 4) is 6.07 Å². The Hall–Kier alpha value is -1.91. The topological polar surface area (TPSA) is 35.8 Å². The molecule has 0 saturated heterocycles. The fraction of sp³-hybridized carbons (Fsp3) is 0.417. The molecule has 0 heterocycles. The van der Waals surface area contributed by atoms with Crippen molar-refractivity contribution in [1.82, 2.24) is 0 Å². The van der Waals surface area contributed by atoms with Crippen molar-refractivity contribution >= 4 is 5.69 Å². The van der Waals surface area contributed by atoms with Crippen molar-refractivity contribution in [2.24, 2.45) is 0 Å². The van der Waals surface area contributed by atoms with Gasteiger partial charge < -0.3 is 5.32 Å². The summed E-state index contributed by atoms with van der Waals surface area (Å²) in [7, 11) is 0. The van der Waals surface area contributed by atoms with E-state index in [1.165, 1.54) is 6.07 Å². The van der Waals surface area contributed by atoms with Crippen molar-refractivity contribution < 1.29 is 26.3 Å². The zero-order valence-corrected chi connectivity index (χ0v) is 9.86. The molecule has 0 aromatic heterocycles. The van der Waals surface area contributed by atoms with E-state index in [9.17, 15) is 26.3 Å². The molecule has 2 rings (SSSR count). The zero-order valence-electron chi connectivity index (χ0n) is 9.86. The molecule has 0 aliphatic heterocycles. The Kier molecular flexibility index (Phi) is 3.11. The second kappa shape index (κ2) is 4.30. The lowest BCUT2D eigenvalue weighted by Crippen LogP contribution is -2.38. The highest BCUT2D eigenvalue weighted by molar-refractivity contribution is 5.55. The molecule has 0 radical (unpaired) electrons. The molecular formula is C12H8F6N2. The van der Waals surface area contributed by atoms with Gasteiger partial charge in [0.05, 0.1) is 17.2 Å². The number of hydrogen-bond acceptors (Lipinski definition) is 2. The van der Waals surface area contributed by atoms with Gasteiger partial charge in [0, 0.05) is 5.69 Å². The van der Waals surface area contributed by atoms with E-state index in [1.54, 1.807) is 0 Å². The van der Waals surface area contributed by atoms with Crippen molar-refractivity contribution in [2.45, 2.75) is 30.7 Å². The molecule has 0 spiro atoms. The van der Waals surface area contributed by atoms with Crippen LogP contribution < -0.4 is 5.32 Å². The molecule has 1 aliphatic carbocycles. The number of benzene rings is 1. The molecule has 0 unspecified atom stereocenters. The van der Waals surface area contributed by atoms with E-state index in [1.807, 2.05) is 0 Å². The summed E-state index contributed by atoms with van der Waals surface area (Å²) in [5, 5.41) is 10.7. The van der Waals surface area contributed by atoms with Crippen LogP contribution in [-0.2, 0) is 6.18 Å². The highest BCUT2D eigenvalue weighted by atomic mass is 19.4. The lowest BCUT2D eigenvalue weighted by molar-refractivity contribution is -0.151. The molecule has 1 aromatic carbocycles. The van der Waals surface area contributed by atoms with E-state index >= 15 is 0 Å². The second-order valence-corrected chi connectivity index (χ2v) is 4.57. The van der Waals surface area contributed by atoms with Crippen LogP contribution >= 0.6 is 0 Å². The van der Waals surface area contributed by atoms with Crippen molar-refractivity contribution in [2.75, 3.05) is 5.32 Å². The Bertz CT molecular complexity index is 563. The number of alkyl halides is 6. The summed E-state index contributed by atoms with van der Waals surface area (Å²) in [5.74, 6) is 0. The molecule has 1 aromatic rings. The molecule has 1 N–H and O–H groups in total. The summed E-state index contributed by atoms with van der Waals surface area (Å²) in [6.45, 7) is 0. The van der Waals surface area contributed by atoms with Crippen LogP contribution in [0.4, 0.5) is 32.0 Å². The molecule has 0 amide bonds. The van der Waals surface area contributed by atoms with E-state index < -0.39 is 29.0 Å². The van der Waals surface area contributed by atoms with Gasteiger partial charge in [-0.15, -0.1) is 0 Å². The zero-order chi connectivity index (χ0) is 15.2. The fourth-order valence-corrected chi connectivity index (χ4v) is 1.83. The molecular weight excluding hydrogens is 286 g/mol. The maximum absolute atomic E-state index is 12.7. The minimum atomic E-state index is -4.79. The van der Waals surface area contributed by atoms with E-state index in [2.05, 4.69) is 5.32 Å². The Labute approximate surface area is 110 Å². The number of nitriles is 1. The van der Waals surface area contributed by atoms with Gasteiger partial charge in [0.15, 0.2) is 0 Å². The second-order valence-electron chi connectivity index (χ2n) is 4.57. The van der Waals surface area contributed by atoms with E-state index in [-0.39, 0.29) is 18.5 Å². The largest absolute Gasteiger partial charge is 0.417 e. The Balaban J connectivity index is 2.34. The molecule has 8 heteroatoms. The average Bonchev–Trinajstić information content (AvgIpc) is 3.08. The van der Waals surface area contributed by atoms with E-state index in [4.69, 9.17) is 5.26 Å². The van der Waals surface area contributed by atoms with Gasteiger partial charge in [-0.1, -0.05) is 0 Å². The van der Waals surface area contributed by atoms with E-state index in [0.29, 0.717) is 6.07 Å². The Morgan fingerprint density at radius 3 is 2.10 bits per heavy atom. The number of anilines is 1. The third-order valence-corrected chi connectivity index (χ3v) is 3.12. The summed E-state index contributed by atoms with van der Waals surface area (Å²) >= 11 is 0. The van der Waals surface area contributed by atoms with Gasteiger partial charge in [-0.05, 0) is 31.0 Å². The fourth-order valence-electron chi connectivity index (χ4n) is 1.83. The first kappa shape index (κ1) is 14.5. The summed E-state index contributed by atoms with van der Waals surface area (Å²) in [6, 6.07) is 3.80. The standard InChI is InChI=1S/C12H8F6N2/c13-11(14,15)9-5-8(2-1-7(9)6-19)20-10(3-4-10)12(16,17)18/h1-2,5,20H,3-4H2. The maximum atomic E-state index is 12.7. The summed E-state index contributed by atoms with van der Waals surface area (Å²) in [6.07, 6.45) is -9.69. The van der Waals surface area contributed by atoms with Crippen LogP contribution in [0.2, 0.25) is 0 Å². The van der Waals surface area contributed by atoms with Crippen LogP contribution in [0, 0.1) is 11.3 Å². The molecule has 0 bridgehead atoms. The molecule has 1 fully saturated rings. The lowest BCUT2D eigenvalue weighted by Gasteiger charge is -2.22. The molecule has 1 saturated carbocycles. The quantitative estimate of drug-likeness (QED) is 0.834. The smallest absolute Gasteiger partial charge is 0.371 e. The first-order valence-electron chi connectivity index (χ1n) is 5.55. The van der Waals surface area contributed by atoms with Crippen molar-refractivity contribution in [1.29, 1.82) is 5.26 Å². The van der Waals surface area contributed by atoms with Gasteiger partial charge in [-0.25, -0.2) is 0 Å². The van der Waals surface area contributed by atoms with Gasteiger partial charge in [0.2, 0.25) is 0 Å². The molecule has 1 aliphatic rings. The van der Waals surface area contributed by atoms with Gasteiger partial charge in [-0.3, -0.25) is 0 Å². The monoisotopic (exact) mass is 294 g/mol. The number of hydrogen-bond donors (Lipinski definition) is 1. The first-order chi connectivity index (χ1) is 9.09. The molecule has 0 atom stereocenters. The van der Waals surface area contributed by atoms with Gasteiger partial charge in [0.1, 0.15) is 5.54 Å². The highest BCUT2D eigenvalue weighted by Crippen LogP contribution is 2.51. The number of nitrogens with one attached hydrogen (secondary N) is 1. The van der Waals surface area contributed by atoms with Gasteiger partial charge in [-0.2, -0.15) is 31.6 Å². The highest BCUT2D eigenvalue weighted by Gasteiger charge is 2.63. The normalized spacial score (nSPS) is 17.4. The third-order valence-electron chi connectivity index (χ3n) is 3.12. The number of nitrogens with zero attached hydrogens (tertiary/aromatic N) is 1. The molecule has 2 nitrogen and oxygen atoms in total. The van der Waals surface area contributed by atoms with Crippen LogP contribution in [0.3, 0.4) is 0 Å². The van der Waals surface area contributed by atoms with Gasteiger partial charge in [0.25, 0.3) is 0 Å². The minimum absolute atomic E-state index is 0.183. The predicted molar refractivity (Wildman–Crippen MR) is 57.8 cm³/mol. The van der Waals surface area contributed by atoms with Crippen LogP contribution in [0.1, 0.15) is 24.0 Å². The summed E-state index contributed by atoms with van der Waals surface area (Å²) < 4.78 is 76.3. The lowest BCUT2D eigenvalue weighted by atomic mass is 10.1. The predicted octanol–water partition coefficient (Wildman–Crippen LogP) is 4.08. The van der Waals surface area contributed by atoms with Crippen LogP contribution in [0.15, 0.2) is 18.2 Å². The first-order valence-corrected chi connectivity index (χ1v) is 5.55.